The third-order valence-corrected chi connectivity index (χ3v) is 4.44. The van der Waals surface area contributed by atoms with Gasteiger partial charge in [-0.1, -0.05) is 31.9 Å². The van der Waals surface area contributed by atoms with E-state index < -0.39 is 42.7 Å². The van der Waals surface area contributed by atoms with Crippen molar-refractivity contribution in [1.82, 2.24) is 9.55 Å². The molecule has 1 amide bonds. The number of aliphatic hydroxyl groups is 2. The van der Waals surface area contributed by atoms with Crippen LogP contribution in [-0.4, -0.2) is 51.3 Å². The summed E-state index contributed by atoms with van der Waals surface area (Å²) in [6.45, 7) is 1.83. The van der Waals surface area contributed by atoms with Gasteiger partial charge in [-0.3, -0.25) is 9.88 Å². The van der Waals surface area contributed by atoms with E-state index >= 15 is 0 Å². The Balaban J connectivity index is 1.91. The molecule has 0 spiro atoms. The molecule has 1 fully saturated rings. The molecule has 0 bridgehead atoms. The van der Waals surface area contributed by atoms with E-state index in [1.165, 1.54) is 12.3 Å². The molecule has 0 unspecified atom stereocenters. The van der Waals surface area contributed by atoms with Crippen LogP contribution in [0.2, 0.25) is 0 Å². The lowest BCUT2D eigenvalue weighted by molar-refractivity contribution is -0.0469. The number of aliphatic hydroxyl groups excluding tert-OH is 2. The second kappa shape index (κ2) is 11.3. The predicted molar refractivity (Wildman–Crippen MR) is 103 cm³/mol. The van der Waals surface area contributed by atoms with Crippen molar-refractivity contribution >= 4 is 11.9 Å². The van der Waals surface area contributed by atoms with Crippen molar-refractivity contribution < 1.29 is 24.5 Å². The predicted octanol–water partition coefficient (Wildman–Crippen LogP) is 1.32. The first kappa shape index (κ1) is 22.5. The van der Waals surface area contributed by atoms with Crippen LogP contribution in [0.25, 0.3) is 0 Å². The van der Waals surface area contributed by atoms with Gasteiger partial charge in [0.25, 0.3) is 0 Å². The lowest BCUT2D eigenvalue weighted by Crippen LogP contribution is -2.32. The van der Waals surface area contributed by atoms with E-state index in [0.29, 0.717) is 6.42 Å². The van der Waals surface area contributed by atoms with Gasteiger partial charge in [-0.25, -0.2) is 9.59 Å². The maximum atomic E-state index is 12.3. The smallest absolute Gasteiger partial charge is 0.412 e. The van der Waals surface area contributed by atoms with Gasteiger partial charge >= 0.3 is 11.8 Å². The topological polar surface area (TPSA) is 147 Å². The first-order chi connectivity index (χ1) is 14.0. The number of carbonyl (C=O) groups excluding carboxylic acids is 1. The quantitative estimate of drug-likeness (QED) is 0.411. The molecule has 10 heteroatoms. The van der Waals surface area contributed by atoms with Gasteiger partial charge in [0.1, 0.15) is 23.9 Å². The number of nitriles is 1. The van der Waals surface area contributed by atoms with Crippen LogP contribution in [0.5, 0.6) is 0 Å². The van der Waals surface area contributed by atoms with Gasteiger partial charge in [0.2, 0.25) is 0 Å². The van der Waals surface area contributed by atoms with Crippen molar-refractivity contribution in [2.45, 2.75) is 51.0 Å². The zero-order chi connectivity index (χ0) is 21.2. The number of unbranched alkanes of at least 4 members (excludes halogenated alkanes) is 2. The van der Waals surface area contributed by atoms with Gasteiger partial charge in [-0.05, 0) is 18.9 Å². The third kappa shape index (κ3) is 6.12. The zero-order valence-corrected chi connectivity index (χ0v) is 16.2. The van der Waals surface area contributed by atoms with Gasteiger partial charge < -0.3 is 19.7 Å². The van der Waals surface area contributed by atoms with Crippen LogP contribution >= 0.6 is 0 Å². The fourth-order valence-electron chi connectivity index (χ4n) is 2.87. The van der Waals surface area contributed by atoms with Crippen LogP contribution in [0.3, 0.4) is 0 Å². The van der Waals surface area contributed by atoms with Crippen LogP contribution < -0.4 is 11.0 Å². The zero-order valence-electron chi connectivity index (χ0n) is 16.2. The number of ether oxygens (including phenoxy) is 2. The van der Waals surface area contributed by atoms with Crippen molar-refractivity contribution in [3.8, 4) is 6.07 Å². The Kier molecular flexibility index (Phi) is 8.79. The van der Waals surface area contributed by atoms with E-state index in [1.54, 1.807) is 0 Å². The highest BCUT2D eigenvalue weighted by Gasteiger charge is 2.45. The van der Waals surface area contributed by atoms with Gasteiger partial charge in [0.15, 0.2) is 6.23 Å². The summed E-state index contributed by atoms with van der Waals surface area (Å²) in [5, 5.41) is 30.8. The van der Waals surface area contributed by atoms with E-state index in [9.17, 15) is 25.1 Å². The molecule has 1 aliphatic heterocycles. The summed E-state index contributed by atoms with van der Waals surface area (Å²) in [5.41, 5.74) is -0.780. The minimum absolute atomic E-state index is 0.0134. The lowest BCUT2D eigenvalue weighted by Gasteiger charge is -2.16. The Morgan fingerprint density at radius 2 is 2.24 bits per heavy atom. The molecule has 2 rings (SSSR count). The second-order valence-electron chi connectivity index (χ2n) is 6.56. The van der Waals surface area contributed by atoms with Crippen LogP contribution in [0.1, 0.15) is 38.8 Å². The highest BCUT2D eigenvalue weighted by molar-refractivity contribution is 5.83. The van der Waals surface area contributed by atoms with E-state index in [1.807, 2.05) is 18.2 Å². The number of nitrogens with zero attached hydrogens (tertiary/aromatic N) is 3. The number of allylic oxidation sites excluding steroid dienone is 1. The van der Waals surface area contributed by atoms with Crippen LogP contribution in [0.15, 0.2) is 29.2 Å². The van der Waals surface area contributed by atoms with Gasteiger partial charge in [-0.15, -0.1) is 0 Å². The third-order valence-electron chi connectivity index (χ3n) is 4.44. The summed E-state index contributed by atoms with van der Waals surface area (Å²) in [5.74, 6) is -1.05. The fourth-order valence-corrected chi connectivity index (χ4v) is 2.87. The lowest BCUT2D eigenvalue weighted by atomic mass is 10.0. The number of hydrogen-bond donors (Lipinski definition) is 3. The van der Waals surface area contributed by atoms with Crippen molar-refractivity contribution in [2.75, 3.05) is 18.5 Å². The standard InChI is InChI=1S/C19H26N4O6/c1-2-3-4-5-6-7-10-28-19(27)22-15-8-9-23(18(26)21-15)17-13(11-20)16(25)14(12-24)29-17/h5-6,8-9,13-14,16-17,24-25H,2-4,7,10,12H2,1H3,(H,21,22,26,27)/t13-,14+,16-,17+/m0/s1. The summed E-state index contributed by atoms with van der Waals surface area (Å²) in [6.07, 6.45) is 5.09. The Bertz CT molecular complexity index is 803. The molecule has 2 heterocycles. The SMILES string of the molecule is CCCCC=CCCOC(=O)Nc1ccn([C@@H]2O[C@H](CO)[C@@H](O)[C@@H]2C#N)c(=O)n1. The molecule has 158 valence electrons. The molecule has 29 heavy (non-hydrogen) atoms. The average molecular weight is 406 g/mol. The van der Waals surface area contributed by atoms with Crippen LogP contribution in [0, 0.1) is 17.2 Å². The molecule has 0 aromatic carbocycles. The highest BCUT2D eigenvalue weighted by Crippen LogP contribution is 2.33. The molecule has 0 aliphatic carbocycles. The second-order valence-corrected chi connectivity index (χ2v) is 6.56. The molecule has 1 saturated heterocycles. The van der Waals surface area contributed by atoms with Gasteiger partial charge in [-0.2, -0.15) is 10.2 Å². The molecule has 10 nitrogen and oxygen atoms in total. The van der Waals surface area contributed by atoms with Crippen molar-refractivity contribution in [1.29, 1.82) is 5.26 Å². The average Bonchev–Trinajstić information content (AvgIpc) is 3.02. The molecule has 1 aromatic rings. The molecule has 1 aliphatic rings. The minimum atomic E-state index is -1.23. The molecular weight excluding hydrogens is 380 g/mol. The van der Waals surface area contributed by atoms with Gasteiger partial charge in [0.05, 0.1) is 19.3 Å². The Morgan fingerprint density at radius 1 is 1.48 bits per heavy atom. The largest absolute Gasteiger partial charge is 0.449 e. The molecular formula is C19H26N4O6. The van der Waals surface area contributed by atoms with Crippen molar-refractivity contribution in [3.63, 3.8) is 0 Å². The Labute approximate surface area is 168 Å². The van der Waals surface area contributed by atoms with Gasteiger partial charge in [0, 0.05) is 6.20 Å². The molecule has 1 aromatic heterocycles. The number of rotatable bonds is 9. The highest BCUT2D eigenvalue weighted by atomic mass is 16.6. The summed E-state index contributed by atoms with van der Waals surface area (Å²) < 4.78 is 11.4. The number of aromatic nitrogens is 2. The monoisotopic (exact) mass is 406 g/mol. The van der Waals surface area contributed by atoms with E-state index in [4.69, 9.17) is 9.47 Å². The van der Waals surface area contributed by atoms with E-state index in [-0.39, 0.29) is 12.4 Å². The first-order valence-electron chi connectivity index (χ1n) is 9.53. The van der Waals surface area contributed by atoms with E-state index in [0.717, 1.165) is 23.8 Å². The fraction of sp³-hybridized carbons (Fsp3) is 0.579. The van der Waals surface area contributed by atoms with Crippen LogP contribution in [-0.2, 0) is 9.47 Å². The minimum Gasteiger partial charge on any atom is -0.449 e. The number of anilines is 1. The maximum Gasteiger partial charge on any atom is 0.412 e. The number of carbonyl (C=O) groups is 1. The summed E-state index contributed by atoms with van der Waals surface area (Å²) >= 11 is 0. The number of nitrogens with one attached hydrogen (secondary N) is 1. The van der Waals surface area contributed by atoms with E-state index in [2.05, 4.69) is 17.2 Å². The normalized spacial score (nSPS) is 23.8. The van der Waals surface area contributed by atoms with Crippen molar-refractivity contribution in [2.24, 2.45) is 5.92 Å². The molecule has 0 saturated carbocycles. The summed E-state index contributed by atoms with van der Waals surface area (Å²) in [4.78, 5) is 27.8. The number of hydrogen-bond acceptors (Lipinski definition) is 8. The molecule has 4 atom stereocenters. The van der Waals surface area contributed by atoms with Crippen LogP contribution in [0.4, 0.5) is 10.6 Å². The molecule has 3 N–H and O–H groups in total. The number of amides is 1. The Hall–Kier alpha value is -2.74. The first-order valence-corrected chi connectivity index (χ1v) is 9.53. The van der Waals surface area contributed by atoms with Crippen molar-refractivity contribution in [3.05, 3.63) is 34.9 Å². The Morgan fingerprint density at radius 3 is 2.90 bits per heavy atom. The summed E-state index contributed by atoms with van der Waals surface area (Å²) in [6, 6.07) is 3.23. The molecule has 0 radical (unpaired) electrons. The maximum absolute atomic E-state index is 12.3. The summed E-state index contributed by atoms with van der Waals surface area (Å²) in [7, 11) is 0.